The largest absolute Gasteiger partial charge is 0.492 e. The van der Waals surface area contributed by atoms with Crippen LogP contribution in [0.3, 0.4) is 0 Å². The highest BCUT2D eigenvalue weighted by Crippen LogP contribution is 2.32. The molecule has 1 fully saturated rings. The van der Waals surface area contributed by atoms with Crippen LogP contribution in [0.25, 0.3) is 5.57 Å². The summed E-state index contributed by atoms with van der Waals surface area (Å²) in [5.74, 6) is -0.382. The molecule has 0 aromatic heterocycles. The highest BCUT2D eigenvalue weighted by atomic mass is 32.2. The van der Waals surface area contributed by atoms with Crippen molar-refractivity contribution in [1.82, 2.24) is 10.2 Å². The van der Waals surface area contributed by atoms with Gasteiger partial charge in [0.25, 0.3) is 5.24 Å². The summed E-state index contributed by atoms with van der Waals surface area (Å²) in [6, 6.07) is 20.6. The predicted molar refractivity (Wildman–Crippen MR) is 202 cm³/mol. The Hall–Kier alpha value is -4.41. The van der Waals surface area contributed by atoms with Gasteiger partial charge in [0.1, 0.15) is 12.4 Å². The van der Waals surface area contributed by atoms with Crippen LogP contribution in [0.4, 0.5) is 4.79 Å². The van der Waals surface area contributed by atoms with E-state index in [2.05, 4.69) is 43.9 Å². The molecule has 0 bridgehead atoms. The minimum absolute atomic E-state index is 0.116. The first-order chi connectivity index (χ1) is 24.3. The molecule has 0 radical (unpaired) electrons. The van der Waals surface area contributed by atoms with Crippen molar-refractivity contribution in [2.24, 2.45) is 0 Å². The number of amides is 3. The number of hydrogen-bond acceptors (Lipinski definition) is 7. The van der Waals surface area contributed by atoms with Crippen LogP contribution in [-0.2, 0) is 26.3 Å². The second-order valence-corrected chi connectivity index (χ2v) is 14.7. The topological polar surface area (TPSA) is 122 Å². The van der Waals surface area contributed by atoms with Gasteiger partial charge in [0, 0.05) is 20.1 Å². The lowest BCUT2D eigenvalue weighted by atomic mass is 9.89. The number of ether oxygens (including phenoxy) is 2. The molecule has 10 heteroatoms. The van der Waals surface area contributed by atoms with Gasteiger partial charge in [0.2, 0.25) is 11.8 Å². The zero-order valence-corrected chi connectivity index (χ0v) is 31.0. The molecule has 1 aliphatic heterocycles. The van der Waals surface area contributed by atoms with Gasteiger partial charge in [-0.05, 0) is 104 Å². The van der Waals surface area contributed by atoms with Crippen molar-refractivity contribution in [2.45, 2.75) is 83.0 Å². The molecule has 1 unspecified atom stereocenters. The van der Waals surface area contributed by atoms with E-state index in [4.69, 9.17) is 9.47 Å². The Bertz CT molecular complexity index is 1690. The zero-order chi connectivity index (χ0) is 37.0. The van der Waals surface area contributed by atoms with Crippen LogP contribution >= 0.6 is 11.8 Å². The quantitative estimate of drug-likeness (QED) is 0.113. The van der Waals surface area contributed by atoms with E-state index in [1.54, 1.807) is 36.2 Å². The molecule has 0 spiro atoms. The molecule has 51 heavy (non-hydrogen) atoms. The molecule has 0 aliphatic carbocycles. The van der Waals surface area contributed by atoms with Gasteiger partial charge in [-0.3, -0.25) is 19.7 Å². The number of likely N-dealkylation sites (N-methyl/N-ethyl adjacent to an activating group) is 1. The zero-order valence-electron chi connectivity index (χ0n) is 30.2. The maximum atomic E-state index is 12.6. The van der Waals surface area contributed by atoms with Crippen molar-refractivity contribution in [3.8, 4) is 5.75 Å². The van der Waals surface area contributed by atoms with Gasteiger partial charge < -0.3 is 19.5 Å². The van der Waals surface area contributed by atoms with Gasteiger partial charge in [0.15, 0.2) is 0 Å². The van der Waals surface area contributed by atoms with Crippen molar-refractivity contribution < 1.29 is 33.8 Å². The monoisotopic (exact) mass is 714 g/mol. The van der Waals surface area contributed by atoms with Gasteiger partial charge in [-0.25, -0.2) is 4.79 Å². The fourth-order valence-electron chi connectivity index (χ4n) is 5.87. The summed E-state index contributed by atoms with van der Waals surface area (Å²) in [4.78, 5) is 48.7. The number of aromatic carboxylic acids is 1. The van der Waals surface area contributed by atoms with E-state index in [1.807, 2.05) is 31.2 Å². The third kappa shape index (κ3) is 11.8. The van der Waals surface area contributed by atoms with Crippen molar-refractivity contribution in [3.05, 3.63) is 107 Å². The number of imide groups is 1. The summed E-state index contributed by atoms with van der Waals surface area (Å²) in [5, 5.41) is 10.8. The summed E-state index contributed by atoms with van der Waals surface area (Å²) in [5.41, 5.74) is 5.63. The van der Waals surface area contributed by atoms with E-state index in [0.29, 0.717) is 38.3 Å². The standard InChI is InChI=1S/C41H50N2O7S/c1-28-13-20-33(27-35(28)29(2)31-16-18-32(19-17-31)39(46)47)41(3,4)50-24-11-9-7-6-8-10-12-37(44)43(5)23-25-49-34-21-14-30(15-22-34)26-36-38(45)42-40(48)51-36/h13-22,27,36H,2,6-12,23-26H2,1,3-5H3,(H,46,47)(H,42,45,48). The molecule has 3 amide bonds. The second-order valence-electron chi connectivity index (χ2n) is 13.5. The lowest BCUT2D eigenvalue weighted by molar-refractivity contribution is -0.130. The molecule has 1 atom stereocenters. The van der Waals surface area contributed by atoms with Crippen molar-refractivity contribution in [2.75, 3.05) is 26.8 Å². The van der Waals surface area contributed by atoms with Gasteiger partial charge in [0.05, 0.1) is 23.0 Å². The normalized spacial score (nSPS) is 14.3. The number of nitrogens with one attached hydrogen (secondary N) is 1. The molecular weight excluding hydrogens is 665 g/mol. The number of unbranched alkanes of at least 4 members (excludes halogenated alkanes) is 5. The molecule has 3 aromatic rings. The SMILES string of the molecule is C=C(c1ccc(C(=O)O)cc1)c1cc(C(C)(C)OCCCCCCCCC(=O)N(C)CCOc2ccc(CC3SC(=O)NC3=O)cc2)ccc1C. The third-order valence-electron chi connectivity index (χ3n) is 9.22. The Kier molecular flexibility index (Phi) is 14.5. The minimum atomic E-state index is -0.949. The van der Waals surface area contributed by atoms with Crippen molar-refractivity contribution >= 4 is 40.4 Å². The predicted octanol–water partition coefficient (Wildman–Crippen LogP) is 8.17. The Balaban J connectivity index is 1.06. The summed E-state index contributed by atoms with van der Waals surface area (Å²) < 4.78 is 12.2. The van der Waals surface area contributed by atoms with Gasteiger partial charge in [-0.15, -0.1) is 0 Å². The molecule has 4 rings (SSSR count). The first-order valence-electron chi connectivity index (χ1n) is 17.6. The third-order valence-corrected chi connectivity index (χ3v) is 10.2. The fraction of sp³-hybridized carbons (Fsp3) is 0.415. The fourth-order valence-corrected chi connectivity index (χ4v) is 6.73. The van der Waals surface area contributed by atoms with E-state index in [-0.39, 0.29) is 22.6 Å². The van der Waals surface area contributed by atoms with Crippen LogP contribution in [0.15, 0.2) is 73.3 Å². The molecule has 3 aromatic carbocycles. The number of aryl methyl sites for hydroxylation is 1. The highest BCUT2D eigenvalue weighted by molar-refractivity contribution is 8.15. The summed E-state index contributed by atoms with van der Waals surface area (Å²) in [6.07, 6.45) is 7.10. The van der Waals surface area contributed by atoms with Crippen LogP contribution in [0, 0.1) is 6.92 Å². The van der Waals surface area contributed by atoms with Gasteiger partial charge in [-0.1, -0.05) is 80.4 Å². The number of thioether (sulfide) groups is 1. The van der Waals surface area contributed by atoms with Crippen LogP contribution in [-0.4, -0.2) is 65.1 Å². The average molecular weight is 715 g/mol. The molecule has 1 saturated heterocycles. The minimum Gasteiger partial charge on any atom is -0.492 e. The number of carboxylic acid groups (broad SMARTS) is 1. The van der Waals surface area contributed by atoms with E-state index in [1.165, 1.54) is 0 Å². The van der Waals surface area contributed by atoms with E-state index in [0.717, 1.165) is 83.7 Å². The average Bonchev–Trinajstić information content (AvgIpc) is 3.43. The van der Waals surface area contributed by atoms with Gasteiger partial charge >= 0.3 is 5.97 Å². The van der Waals surface area contributed by atoms with Crippen molar-refractivity contribution in [3.63, 3.8) is 0 Å². The Labute approximate surface area is 305 Å². The Morgan fingerprint density at radius 2 is 1.55 bits per heavy atom. The van der Waals surface area contributed by atoms with Crippen LogP contribution in [0.1, 0.15) is 97.0 Å². The van der Waals surface area contributed by atoms with Crippen LogP contribution < -0.4 is 10.1 Å². The molecule has 1 aliphatic rings. The van der Waals surface area contributed by atoms with Crippen LogP contribution in [0.5, 0.6) is 5.75 Å². The lowest BCUT2D eigenvalue weighted by Gasteiger charge is -2.27. The van der Waals surface area contributed by atoms with E-state index < -0.39 is 16.8 Å². The number of carbonyl (C=O) groups excluding carboxylic acids is 3. The number of carboxylic acids is 1. The molecular formula is C41H50N2O7S. The van der Waals surface area contributed by atoms with E-state index >= 15 is 0 Å². The molecule has 9 nitrogen and oxygen atoms in total. The van der Waals surface area contributed by atoms with E-state index in [9.17, 15) is 24.3 Å². The summed E-state index contributed by atoms with van der Waals surface area (Å²) >= 11 is 1.02. The second kappa shape index (κ2) is 18.7. The maximum absolute atomic E-state index is 12.6. The molecule has 1 heterocycles. The van der Waals surface area contributed by atoms with Gasteiger partial charge in [-0.2, -0.15) is 0 Å². The Morgan fingerprint density at radius 1 is 0.902 bits per heavy atom. The molecule has 272 valence electrons. The first kappa shape index (κ1) is 39.4. The number of rotatable bonds is 20. The number of carbonyl (C=O) groups is 4. The Morgan fingerprint density at radius 3 is 2.20 bits per heavy atom. The first-order valence-corrected chi connectivity index (χ1v) is 18.5. The number of nitrogens with zero attached hydrogens (tertiary/aromatic N) is 1. The number of benzene rings is 3. The molecule has 2 N–H and O–H groups in total. The number of hydrogen-bond donors (Lipinski definition) is 2. The lowest BCUT2D eigenvalue weighted by Crippen LogP contribution is -2.30. The summed E-state index contributed by atoms with van der Waals surface area (Å²) in [7, 11) is 1.80. The maximum Gasteiger partial charge on any atom is 0.335 e. The smallest absolute Gasteiger partial charge is 0.335 e. The van der Waals surface area contributed by atoms with Crippen LogP contribution in [0.2, 0.25) is 0 Å². The highest BCUT2D eigenvalue weighted by Gasteiger charge is 2.31. The van der Waals surface area contributed by atoms with Crippen molar-refractivity contribution in [1.29, 1.82) is 0 Å². The molecule has 0 saturated carbocycles. The summed E-state index contributed by atoms with van der Waals surface area (Å²) in [6.45, 7) is 12.0.